The van der Waals surface area contributed by atoms with Crippen molar-refractivity contribution in [3.05, 3.63) is 12.2 Å². The molecule has 0 heterocycles. The zero-order chi connectivity index (χ0) is 12.6. The maximum absolute atomic E-state index is 11.0. The van der Waals surface area contributed by atoms with Crippen LogP contribution in [0.2, 0.25) is 12.6 Å². The van der Waals surface area contributed by atoms with Gasteiger partial charge in [-0.25, -0.2) is 4.79 Å². The van der Waals surface area contributed by atoms with E-state index in [1.165, 1.54) is 0 Å². The highest BCUT2D eigenvalue weighted by molar-refractivity contribution is 6.50. The summed E-state index contributed by atoms with van der Waals surface area (Å²) in [6.07, 6.45) is 0.697. The van der Waals surface area contributed by atoms with E-state index in [2.05, 4.69) is 13.1 Å². The Bertz CT molecular complexity index is 230. The number of rotatable bonds is 8. The average Bonchev–Trinajstić information content (AvgIpc) is 2.23. The average molecular weight is 246 g/mol. The molecule has 0 amide bonds. The third-order valence-electron chi connectivity index (χ3n) is 2.09. The molecule has 0 aliphatic carbocycles. The van der Waals surface area contributed by atoms with Crippen LogP contribution in [0.5, 0.6) is 0 Å². The van der Waals surface area contributed by atoms with Crippen molar-refractivity contribution in [1.29, 1.82) is 0 Å². The molecule has 5 heteroatoms. The van der Waals surface area contributed by atoms with E-state index in [-0.39, 0.29) is 12.3 Å². The Morgan fingerprint density at radius 3 is 2.62 bits per heavy atom. The van der Waals surface area contributed by atoms with Crippen molar-refractivity contribution < 1.29 is 18.7 Å². The van der Waals surface area contributed by atoms with Crippen LogP contribution in [0.25, 0.3) is 0 Å². The highest BCUT2D eigenvalue weighted by Crippen LogP contribution is 2.04. The third kappa shape index (κ3) is 7.61. The van der Waals surface area contributed by atoms with Crippen LogP contribution in [0.1, 0.15) is 20.3 Å². The smallest absolute Gasteiger partial charge is 0.333 e. The van der Waals surface area contributed by atoms with Crippen molar-refractivity contribution >= 4 is 15.0 Å². The molecule has 16 heavy (non-hydrogen) atoms. The molecule has 2 atom stereocenters. The van der Waals surface area contributed by atoms with Crippen LogP contribution in [0.3, 0.4) is 0 Å². The number of esters is 1. The molecule has 2 unspecified atom stereocenters. The van der Waals surface area contributed by atoms with E-state index in [1.54, 1.807) is 14.0 Å². The summed E-state index contributed by atoms with van der Waals surface area (Å²) >= 11 is 0. The lowest BCUT2D eigenvalue weighted by Gasteiger charge is -2.16. The van der Waals surface area contributed by atoms with Crippen LogP contribution in [0, 0.1) is 0 Å². The molecular formula is C11H22O4Si. The topological polar surface area (TPSA) is 44.8 Å². The third-order valence-corrected chi connectivity index (χ3v) is 4.16. The maximum atomic E-state index is 11.0. The zero-order valence-electron chi connectivity index (χ0n) is 10.6. The van der Waals surface area contributed by atoms with Crippen molar-refractivity contribution in [2.45, 2.75) is 39.1 Å². The predicted octanol–water partition coefficient (Wildman–Crippen LogP) is 1.86. The SMILES string of the molecule is C=C(C)C(=O)OCCC[SiH](C)OC(C)OC. The highest BCUT2D eigenvalue weighted by atomic mass is 28.3. The molecule has 94 valence electrons. The molecule has 0 fully saturated rings. The van der Waals surface area contributed by atoms with Gasteiger partial charge in [0.25, 0.3) is 0 Å². The monoisotopic (exact) mass is 246 g/mol. The molecule has 0 aromatic rings. The lowest BCUT2D eigenvalue weighted by Crippen LogP contribution is -2.22. The second kappa shape index (κ2) is 8.49. The Kier molecular flexibility index (Phi) is 8.15. The molecular weight excluding hydrogens is 224 g/mol. The van der Waals surface area contributed by atoms with E-state index < -0.39 is 9.04 Å². The first kappa shape index (κ1) is 15.3. The number of carbonyl (C=O) groups excluding carboxylic acids is 1. The summed E-state index contributed by atoms with van der Waals surface area (Å²) in [5, 5.41) is 0. The first-order chi connectivity index (χ1) is 7.47. The van der Waals surface area contributed by atoms with Gasteiger partial charge < -0.3 is 13.9 Å². The van der Waals surface area contributed by atoms with Gasteiger partial charge in [0.05, 0.1) is 6.61 Å². The van der Waals surface area contributed by atoms with Gasteiger partial charge in [0.15, 0.2) is 9.04 Å². The van der Waals surface area contributed by atoms with Gasteiger partial charge in [0.2, 0.25) is 0 Å². The van der Waals surface area contributed by atoms with Crippen LogP contribution in [0.15, 0.2) is 12.2 Å². The van der Waals surface area contributed by atoms with Gasteiger partial charge in [-0.15, -0.1) is 0 Å². The van der Waals surface area contributed by atoms with E-state index in [1.807, 2.05) is 6.92 Å². The molecule has 0 saturated carbocycles. The van der Waals surface area contributed by atoms with E-state index >= 15 is 0 Å². The fraction of sp³-hybridized carbons (Fsp3) is 0.727. The van der Waals surface area contributed by atoms with Crippen molar-refractivity contribution in [2.75, 3.05) is 13.7 Å². The van der Waals surface area contributed by atoms with Crippen molar-refractivity contribution in [2.24, 2.45) is 0 Å². The summed E-state index contributed by atoms with van der Waals surface area (Å²) in [5.41, 5.74) is 0.439. The zero-order valence-corrected chi connectivity index (χ0v) is 11.8. The van der Waals surface area contributed by atoms with E-state index in [9.17, 15) is 4.79 Å². The number of carbonyl (C=O) groups is 1. The minimum absolute atomic E-state index is 0.139. The van der Waals surface area contributed by atoms with Gasteiger partial charge in [-0.3, -0.25) is 0 Å². The van der Waals surface area contributed by atoms with Crippen LogP contribution < -0.4 is 0 Å². The largest absolute Gasteiger partial charge is 0.462 e. The molecule has 0 N–H and O–H groups in total. The van der Waals surface area contributed by atoms with Crippen LogP contribution in [-0.2, 0) is 18.7 Å². The number of hydrogen-bond donors (Lipinski definition) is 0. The molecule has 0 rings (SSSR count). The van der Waals surface area contributed by atoms with E-state index in [0.717, 1.165) is 12.5 Å². The minimum atomic E-state index is -1.20. The summed E-state index contributed by atoms with van der Waals surface area (Å²) in [5.74, 6) is -0.319. The quantitative estimate of drug-likeness (QED) is 0.216. The predicted molar refractivity (Wildman–Crippen MR) is 65.8 cm³/mol. The van der Waals surface area contributed by atoms with Crippen molar-refractivity contribution in [3.63, 3.8) is 0 Å². The molecule has 4 nitrogen and oxygen atoms in total. The van der Waals surface area contributed by atoms with Gasteiger partial charge in [-0.1, -0.05) is 6.58 Å². The van der Waals surface area contributed by atoms with Gasteiger partial charge in [-0.05, 0) is 32.9 Å². The second-order valence-corrected chi connectivity index (χ2v) is 6.28. The number of methoxy groups -OCH3 is 1. The van der Waals surface area contributed by atoms with Gasteiger partial charge in [-0.2, -0.15) is 0 Å². The van der Waals surface area contributed by atoms with E-state index in [4.69, 9.17) is 13.9 Å². The Morgan fingerprint density at radius 2 is 2.12 bits per heavy atom. The Hall–Kier alpha value is -0.653. The normalized spacial score (nSPS) is 14.2. The maximum Gasteiger partial charge on any atom is 0.333 e. The van der Waals surface area contributed by atoms with Crippen LogP contribution in [-0.4, -0.2) is 35.0 Å². The summed E-state index contributed by atoms with van der Waals surface area (Å²) in [6.45, 7) is 9.58. The van der Waals surface area contributed by atoms with Crippen molar-refractivity contribution in [3.8, 4) is 0 Å². The van der Waals surface area contributed by atoms with E-state index in [0.29, 0.717) is 12.2 Å². The van der Waals surface area contributed by atoms with Gasteiger partial charge in [0.1, 0.15) is 6.29 Å². The Balaban J connectivity index is 3.51. The molecule has 0 spiro atoms. The van der Waals surface area contributed by atoms with Gasteiger partial charge in [0, 0.05) is 12.7 Å². The number of ether oxygens (including phenoxy) is 2. The lowest BCUT2D eigenvalue weighted by atomic mass is 10.4. The number of hydrogen-bond acceptors (Lipinski definition) is 4. The summed E-state index contributed by atoms with van der Waals surface area (Å²) in [4.78, 5) is 11.0. The van der Waals surface area contributed by atoms with Crippen molar-refractivity contribution in [1.82, 2.24) is 0 Å². The first-order valence-corrected chi connectivity index (χ1v) is 7.92. The summed E-state index contributed by atoms with van der Waals surface area (Å²) < 4.78 is 15.6. The highest BCUT2D eigenvalue weighted by Gasteiger charge is 2.10. The molecule has 0 radical (unpaired) electrons. The van der Waals surface area contributed by atoms with Crippen LogP contribution >= 0.6 is 0 Å². The minimum Gasteiger partial charge on any atom is -0.462 e. The fourth-order valence-electron chi connectivity index (χ4n) is 1.11. The lowest BCUT2D eigenvalue weighted by molar-refractivity contribution is -0.138. The molecule has 0 saturated heterocycles. The Labute approximate surface area is 99.3 Å². The molecule has 0 bridgehead atoms. The van der Waals surface area contributed by atoms with Gasteiger partial charge >= 0.3 is 5.97 Å². The molecule has 0 aliphatic rings. The standard InChI is InChI=1S/C11H22O4Si/c1-9(2)11(12)14-7-6-8-16(5)15-10(3)13-4/h10,16H,1,6-8H2,2-5H3. The molecule has 0 aromatic heterocycles. The van der Waals surface area contributed by atoms with Crippen LogP contribution in [0.4, 0.5) is 0 Å². The first-order valence-electron chi connectivity index (χ1n) is 5.48. The fourth-order valence-corrected chi connectivity index (χ4v) is 2.75. The summed E-state index contributed by atoms with van der Waals surface area (Å²) in [7, 11) is 0.421. The Morgan fingerprint density at radius 1 is 1.50 bits per heavy atom. The molecule has 0 aliphatic heterocycles. The molecule has 0 aromatic carbocycles. The summed E-state index contributed by atoms with van der Waals surface area (Å²) in [6, 6.07) is 0.969. The second-order valence-electron chi connectivity index (χ2n) is 3.81.